The van der Waals surface area contributed by atoms with Crippen LogP contribution in [-0.2, 0) is 73.7 Å². The molecule has 0 aliphatic carbocycles. The molecule has 0 spiro atoms. The maximum Gasteiger partial charge on any atom is 0.330 e. The third-order valence-electron chi connectivity index (χ3n) is 21.9. The third-order valence-corrected chi connectivity index (χ3v) is 24.7. The predicted molar refractivity (Wildman–Crippen MR) is 492 cm³/mol. The van der Waals surface area contributed by atoms with Crippen molar-refractivity contribution in [2.75, 3.05) is 72.2 Å². The Morgan fingerprint density at radius 1 is 0.382 bits per heavy atom. The summed E-state index contributed by atoms with van der Waals surface area (Å²) in [7, 11) is 3.79. The van der Waals surface area contributed by atoms with Crippen LogP contribution in [0.5, 0.6) is 0 Å². The van der Waals surface area contributed by atoms with E-state index < -0.39 is 95.1 Å². The molecular formula is C90H92F4N20O17S5. The van der Waals surface area contributed by atoms with E-state index in [4.69, 9.17) is 14.2 Å². The highest BCUT2D eigenvalue weighted by Gasteiger charge is 2.45. The van der Waals surface area contributed by atoms with Crippen molar-refractivity contribution < 1.29 is 89.9 Å². The van der Waals surface area contributed by atoms with E-state index >= 15 is 0 Å². The normalized spacial score (nSPS) is 16.5. The van der Waals surface area contributed by atoms with Gasteiger partial charge in [0.1, 0.15) is 58.5 Å². The van der Waals surface area contributed by atoms with Crippen molar-refractivity contribution in [1.82, 2.24) is 99.0 Å². The molecule has 0 bridgehead atoms. The Bertz CT molecular complexity index is 6000. The number of aliphatic carboxylic acids is 2. The second-order valence-corrected chi connectivity index (χ2v) is 34.1. The van der Waals surface area contributed by atoms with Crippen LogP contribution >= 0.6 is 58.8 Å². The first kappa shape index (κ1) is 101. The zero-order chi connectivity index (χ0) is 97.6. The van der Waals surface area contributed by atoms with Gasteiger partial charge in [0.15, 0.2) is 37.9 Å². The first-order valence-electron chi connectivity index (χ1n) is 42.2. The highest BCUT2D eigenvalue weighted by molar-refractivity contribution is 7.99. The number of carbonyl (C=O) groups excluding carboxylic acids is 8. The zero-order valence-corrected chi connectivity index (χ0v) is 78.6. The van der Waals surface area contributed by atoms with Gasteiger partial charge in [-0.1, -0.05) is 107 Å². The molecule has 5 amide bonds. The molecule has 4 aromatic carbocycles. The largest absolute Gasteiger partial charge is 0.480 e. The molecule has 3 saturated heterocycles. The Hall–Kier alpha value is -13.6. The van der Waals surface area contributed by atoms with E-state index in [-0.39, 0.29) is 71.9 Å². The lowest BCUT2D eigenvalue weighted by molar-refractivity contribution is -0.166. The number of thioether (sulfide) groups is 5. The number of rotatable bonds is 21. The van der Waals surface area contributed by atoms with Gasteiger partial charge in [0.2, 0.25) is 11.8 Å². The van der Waals surface area contributed by atoms with Gasteiger partial charge >= 0.3 is 29.8 Å². The van der Waals surface area contributed by atoms with E-state index in [1.54, 1.807) is 37.0 Å². The number of carboxylic acids is 2. The molecule has 712 valence electrons. The van der Waals surface area contributed by atoms with E-state index in [1.165, 1.54) is 248 Å². The van der Waals surface area contributed by atoms with Crippen LogP contribution in [0.25, 0.3) is 45.0 Å². The number of nitrogens with zero attached hydrogens (tertiary/aromatic N) is 19. The lowest BCUT2D eigenvalue weighted by atomic mass is 10.0. The van der Waals surface area contributed by atoms with E-state index in [2.05, 4.69) is 55.3 Å². The highest BCUT2D eigenvalue weighted by Crippen LogP contribution is 2.39. The van der Waals surface area contributed by atoms with Crippen molar-refractivity contribution in [2.45, 2.75) is 146 Å². The lowest BCUT2D eigenvalue weighted by Crippen LogP contribution is -2.60. The maximum absolute atomic E-state index is 13.4. The monoisotopic (exact) mass is 1960 g/mol. The molecule has 7 aromatic heterocycles. The van der Waals surface area contributed by atoms with Crippen LogP contribution in [0.1, 0.15) is 119 Å². The van der Waals surface area contributed by atoms with Crippen LogP contribution in [0.15, 0.2) is 194 Å². The van der Waals surface area contributed by atoms with Crippen LogP contribution in [-0.4, -0.2) is 254 Å². The van der Waals surface area contributed by atoms with Gasteiger partial charge in [0.05, 0.1) is 68.1 Å². The quantitative estimate of drug-likeness (QED) is 0.0198. The van der Waals surface area contributed by atoms with E-state index in [9.17, 15) is 85.3 Å². The zero-order valence-electron chi connectivity index (χ0n) is 74.5. The topological polar surface area (TPSA) is 450 Å². The van der Waals surface area contributed by atoms with Gasteiger partial charge in [0, 0.05) is 63.7 Å². The first-order chi connectivity index (χ1) is 65.6. The summed E-state index contributed by atoms with van der Waals surface area (Å²) in [6, 6.07) is 25.8. The van der Waals surface area contributed by atoms with Gasteiger partial charge in [-0.05, 0) is 197 Å². The molecule has 136 heavy (non-hydrogen) atoms. The molecule has 5 aliphatic heterocycles. The van der Waals surface area contributed by atoms with Gasteiger partial charge in [-0.25, -0.2) is 116 Å². The number of carboxylic acid groups (broad SMARTS) is 2. The van der Waals surface area contributed by atoms with Crippen LogP contribution in [0.3, 0.4) is 0 Å². The smallest absolute Gasteiger partial charge is 0.330 e. The number of carbonyl (C=O) groups is 10. The SMILES string of the molecule is COC(=O)[C@@H]1CCCN(C(=O)Cc2ccc(F)cc2)N1C(=O)c1ccnc(SC)n1.COC(=O)[C@@H]1CCCN(C(=O)Cc2ccc(F)cc2)N1C(=O)c1ccnc(SC)n1.COC(=O)[C@@H]1CCCNN1C(=O)c1ccnc(SC)n1.CSc1nccc(-c2c(-c3ccc(F)cc3)c(=O)n3n2[C@H](C(=O)O)CCC3)n1.CSc1nccc(-c2c(-c3ccc(F)cc3)c(=O)n3n2[C@H](C(=O)O)CCC3)n1. The van der Waals surface area contributed by atoms with Crippen LogP contribution in [0.4, 0.5) is 17.6 Å². The number of benzene rings is 4. The lowest BCUT2D eigenvalue weighted by Gasteiger charge is -2.42. The fourth-order valence-corrected chi connectivity index (χ4v) is 17.4. The molecule has 12 heterocycles. The Labute approximate surface area is 796 Å². The number of nitrogens with one attached hydrogen (secondary N) is 1. The molecular weight excluding hydrogens is 1870 g/mol. The van der Waals surface area contributed by atoms with Crippen LogP contribution in [0, 0.1) is 23.3 Å². The van der Waals surface area contributed by atoms with Crippen LogP contribution in [0.2, 0.25) is 0 Å². The van der Waals surface area contributed by atoms with Crippen molar-refractivity contribution in [3.05, 3.63) is 231 Å². The van der Waals surface area contributed by atoms with Crippen molar-refractivity contribution in [3.63, 3.8) is 0 Å². The summed E-state index contributed by atoms with van der Waals surface area (Å²) in [5, 5.41) is 27.9. The summed E-state index contributed by atoms with van der Waals surface area (Å²) >= 11 is 6.60. The number of ether oxygens (including phenoxy) is 3. The average Bonchev–Trinajstić information content (AvgIpc) is 1.59. The Morgan fingerprint density at radius 3 is 1.02 bits per heavy atom. The fraction of sp³-hybridized carbons (Fsp3) is 0.333. The van der Waals surface area contributed by atoms with Gasteiger partial charge in [0.25, 0.3) is 28.8 Å². The summed E-state index contributed by atoms with van der Waals surface area (Å²) in [4.78, 5) is 194. The predicted octanol–water partition coefficient (Wildman–Crippen LogP) is 10.8. The second kappa shape index (κ2) is 47.6. The number of fused-ring (bicyclic) bond motifs is 2. The number of halogens is 4. The fourth-order valence-electron chi connectivity index (χ4n) is 15.6. The molecule has 0 saturated carbocycles. The molecule has 46 heteroatoms. The van der Waals surface area contributed by atoms with E-state index in [1.807, 2.05) is 18.8 Å². The second-order valence-electron chi connectivity index (χ2n) is 30.2. The third kappa shape index (κ3) is 24.0. The van der Waals surface area contributed by atoms with Crippen molar-refractivity contribution in [1.29, 1.82) is 0 Å². The summed E-state index contributed by atoms with van der Waals surface area (Å²) in [6.07, 6.45) is 21.7. The summed E-state index contributed by atoms with van der Waals surface area (Å²) in [5.74, 6) is -7.58. The summed E-state index contributed by atoms with van der Waals surface area (Å²) in [5.41, 5.74) is 7.35. The van der Waals surface area contributed by atoms with Crippen molar-refractivity contribution in [2.24, 2.45) is 0 Å². The van der Waals surface area contributed by atoms with Crippen molar-refractivity contribution in [3.8, 4) is 45.0 Å². The number of methoxy groups -OCH3 is 3. The number of hydrogen-bond acceptors (Lipinski definition) is 31. The molecule has 3 fully saturated rings. The summed E-state index contributed by atoms with van der Waals surface area (Å²) < 4.78 is 73.6. The van der Waals surface area contributed by atoms with E-state index in [0.29, 0.717) is 159 Å². The van der Waals surface area contributed by atoms with Crippen molar-refractivity contribution >= 4 is 118 Å². The molecule has 11 aromatic rings. The van der Waals surface area contributed by atoms with Gasteiger partial charge in [-0.2, -0.15) is 0 Å². The highest BCUT2D eigenvalue weighted by atomic mass is 32.2. The molecule has 5 atom stereocenters. The molecule has 37 nitrogen and oxygen atoms in total. The molecule has 5 aliphatic rings. The maximum atomic E-state index is 13.4. The van der Waals surface area contributed by atoms with Gasteiger partial charge in [-0.15, -0.1) is 0 Å². The Balaban J connectivity index is 0.000000154. The Morgan fingerprint density at radius 2 is 0.684 bits per heavy atom. The summed E-state index contributed by atoms with van der Waals surface area (Å²) in [6.45, 7) is 1.99. The van der Waals surface area contributed by atoms with Crippen LogP contribution < -0.4 is 16.5 Å². The van der Waals surface area contributed by atoms with Gasteiger partial charge < -0.3 is 24.4 Å². The minimum atomic E-state index is -1.01. The molecule has 16 rings (SSSR count). The first-order valence-corrected chi connectivity index (χ1v) is 48.3. The molecule has 0 radical (unpaired) electrons. The Kier molecular flexibility index (Phi) is 35.5. The number of amides is 5. The number of hydrogen-bond donors (Lipinski definition) is 3. The van der Waals surface area contributed by atoms with Gasteiger partial charge in [-0.3, -0.25) is 58.0 Å². The van der Waals surface area contributed by atoms with E-state index in [0.717, 1.165) is 16.4 Å². The number of hydrazine groups is 3. The molecule has 0 unspecified atom stereocenters. The molecule has 3 N–H and O–H groups in total. The standard InChI is InChI=1S/2C20H21FN4O4S.2C19H17FN4O3S.C12H16N4O3S/c2*1-29-19(28)16-4-3-11-24(17(26)12-13-5-7-14(21)8-6-13)25(16)18(27)15-9-10-22-20(23-15)30-2;2*1-28-19-21-9-8-13(22-19)16-15(11-4-6-12(20)7-5-11)17(25)23-10-2-3-14(18(26)27)24(16)23;1-19-11(18)9-4-3-6-14-16(9)10(17)8-5-7-13-12(15-8)20-2/h2*5-10,16H,3-4,11-12H2,1-2H3;2*4-9,14H,2-3,10H2,1H3,(H,26,27);5,7,9,14H,3-4,6H2,1-2H3/t2*16-;2*14-;9-/m00000/s1. The number of esters is 3. The minimum absolute atomic E-state index is 0.0439. The average molecular weight is 1960 g/mol. The minimum Gasteiger partial charge on any atom is -0.480 e. The number of aromatic nitrogens is 14.